The molecule has 5 atom stereocenters. The summed E-state index contributed by atoms with van der Waals surface area (Å²) in [6.07, 6.45) is 3.71. The van der Waals surface area contributed by atoms with Crippen molar-refractivity contribution in [2.24, 2.45) is 11.8 Å². The molecule has 3 aliphatic rings. The molecule has 5 nitrogen and oxygen atoms in total. The average Bonchev–Trinajstić information content (AvgIpc) is 3.18. The molecule has 2 bridgehead atoms. The van der Waals surface area contributed by atoms with E-state index in [-0.39, 0.29) is 11.9 Å². The Bertz CT molecular complexity index is 802. The fraction of sp³-hybridized carbons (Fsp3) is 0.368. The van der Waals surface area contributed by atoms with Gasteiger partial charge in [0.1, 0.15) is 11.5 Å². The molecule has 0 saturated carbocycles. The summed E-state index contributed by atoms with van der Waals surface area (Å²) in [5, 5.41) is 9.65. The van der Waals surface area contributed by atoms with Gasteiger partial charge in [-0.25, -0.2) is 0 Å². The normalized spacial score (nSPS) is 35.3. The van der Waals surface area contributed by atoms with E-state index in [1.54, 1.807) is 11.0 Å². The van der Waals surface area contributed by atoms with Crippen LogP contribution in [0.15, 0.2) is 53.0 Å². The van der Waals surface area contributed by atoms with Crippen molar-refractivity contribution in [3.05, 3.63) is 53.0 Å². The van der Waals surface area contributed by atoms with Gasteiger partial charge in [0, 0.05) is 10.2 Å². The Morgan fingerprint density at radius 3 is 2.68 bits per heavy atom. The van der Waals surface area contributed by atoms with Crippen LogP contribution in [0.3, 0.4) is 0 Å². The number of anilines is 1. The summed E-state index contributed by atoms with van der Waals surface area (Å²) in [4.78, 5) is 26.8. The summed E-state index contributed by atoms with van der Waals surface area (Å²) in [5.41, 5.74) is 0.776. The number of hydrogen-bond donors (Lipinski definition) is 1. The van der Waals surface area contributed by atoms with E-state index in [1.807, 2.05) is 37.3 Å². The van der Waals surface area contributed by atoms with Crippen LogP contribution in [0.2, 0.25) is 0 Å². The Morgan fingerprint density at radius 2 is 2.08 bits per heavy atom. The lowest BCUT2D eigenvalue weighted by Crippen LogP contribution is -2.45. The highest BCUT2D eigenvalue weighted by Gasteiger charge is 2.71. The lowest BCUT2D eigenvalue weighted by Gasteiger charge is -2.33. The van der Waals surface area contributed by atoms with Crippen molar-refractivity contribution in [1.82, 2.24) is 0 Å². The van der Waals surface area contributed by atoms with Crippen LogP contribution in [0.5, 0.6) is 0 Å². The largest absolute Gasteiger partial charge is 0.481 e. The van der Waals surface area contributed by atoms with E-state index in [9.17, 15) is 14.7 Å². The van der Waals surface area contributed by atoms with Crippen LogP contribution in [0.4, 0.5) is 5.69 Å². The highest BCUT2D eigenvalue weighted by atomic mass is 79.9. The molecule has 3 heterocycles. The topological polar surface area (TPSA) is 66.8 Å². The number of carboxylic acids is 1. The van der Waals surface area contributed by atoms with Gasteiger partial charge in [-0.2, -0.15) is 0 Å². The van der Waals surface area contributed by atoms with Gasteiger partial charge < -0.3 is 14.7 Å². The predicted molar refractivity (Wildman–Crippen MR) is 96.2 cm³/mol. The maximum Gasteiger partial charge on any atom is 0.310 e. The highest BCUT2D eigenvalue weighted by Crippen LogP contribution is 2.56. The first kappa shape index (κ1) is 16.5. The third-order valence-electron chi connectivity index (χ3n) is 5.35. The molecule has 130 valence electrons. The number of hydrogen-bond acceptors (Lipinski definition) is 3. The minimum atomic E-state index is -0.985. The number of benzene rings is 1. The molecule has 0 aromatic heterocycles. The first-order chi connectivity index (χ1) is 11.8. The number of carboxylic acid groups (broad SMARTS) is 1. The molecule has 1 N–H and O–H groups in total. The second-order valence-electron chi connectivity index (χ2n) is 7.00. The molecule has 1 amide bonds. The smallest absolute Gasteiger partial charge is 0.310 e. The average molecular weight is 404 g/mol. The minimum absolute atomic E-state index is 0.187. The van der Waals surface area contributed by atoms with E-state index in [1.165, 1.54) is 0 Å². The molecule has 6 heteroatoms. The number of rotatable bonds is 4. The van der Waals surface area contributed by atoms with Gasteiger partial charge in [0.2, 0.25) is 5.91 Å². The van der Waals surface area contributed by atoms with E-state index >= 15 is 0 Å². The number of nitrogens with zero attached hydrogens (tertiary/aromatic N) is 1. The number of ether oxygens (including phenoxy) is 1. The zero-order chi connectivity index (χ0) is 17.9. The van der Waals surface area contributed by atoms with E-state index in [0.29, 0.717) is 6.42 Å². The summed E-state index contributed by atoms with van der Waals surface area (Å²) in [7, 11) is 0. The zero-order valence-corrected chi connectivity index (χ0v) is 15.3. The van der Waals surface area contributed by atoms with Gasteiger partial charge in [-0.3, -0.25) is 9.59 Å². The molecule has 1 aromatic rings. The molecule has 1 aromatic carbocycles. The van der Waals surface area contributed by atoms with Gasteiger partial charge in [-0.05, 0) is 37.6 Å². The minimum Gasteiger partial charge on any atom is -0.481 e. The fourth-order valence-corrected chi connectivity index (χ4v) is 4.69. The maximum atomic E-state index is 13.3. The lowest BCUT2D eigenvalue weighted by molar-refractivity contribution is -0.146. The fourth-order valence-electron chi connectivity index (χ4n) is 4.42. The second kappa shape index (κ2) is 5.54. The van der Waals surface area contributed by atoms with Crippen molar-refractivity contribution in [3.8, 4) is 0 Å². The van der Waals surface area contributed by atoms with Gasteiger partial charge in [0.15, 0.2) is 0 Å². The summed E-state index contributed by atoms with van der Waals surface area (Å²) in [6, 6.07) is 7.16. The number of carbonyl (C=O) groups excluding carboxylic acids is 1. The van der Waals surface area contributed by atoms with Crippen LogP contribution in [-0.4, -0.2) is 34.7 Å². The molecule has 4 rings (SSSR count). The number of fused-ring (bicyclic) bond motifs is 1. The Morgan fingerprint density at radius 1 is 1.40 bits per heavy atom. The number of amides is 1. The van der Waals surface area contributed by atoms with Crippen LogP contribution in [0.1, 0.15) is 13.3 Å². The number of aliphatic carboxylic acids is 1. The zero-order valence-electron chi connectivity index (χ0n) is 13.7. The lowest BCUT2D eigenvalue weighted by atomic mass is 9.74. The van der Waals surface area contributed by atoms with E-state index in [2.05, 4.69) is 22.5 Å². The van der Waals surface area contributed by atoms with Crippen molar-refractivity contribution >= 4 is 33.5 Å². The summed E-state index contributed by atoms with van der Waals surface area (Å²) in [5.74, 6) is -2.72. The summed E-state index contributed by atoms with van der Waals surface area (Å²) < 4.78 is 7.03. The molecular weight excluding hydrogens is 386 g/mol. The number of halogens is 1. The van der Waals surface area contributed by atoms with Crippen molar-refractivity contribution in [2.45, 2.75) is 31.1 Å². The quantitative estimate of drug-likeness (QED) is 0.784. The third-order valence-corrected chi connectivity index (χ3v) is 5.88. The predicted octanol–water partition coefficient (Wildman–Crippen LogP) is 3.15. The van der Waals surface area contributed by atoms with Crippen LogP contribution in [0, 0.1) is 11.8 Å². The van der Waals surface area contributed by atoms with Gasteiger partial charge in [0.25, 0.3) is 0 Å². The van der Waals surface area contributed by atoms with Crippen LogP contribution in [0.25, 0.3) is 0 Å². The SMILES string of the molecule is C=C(C)CC1N(c2ccc(Br)cc2)C(=O)C2C(C(=O)O)C3C=CC21O3. The van der Waals surface area contributed by atoms with Crippen LogP contribution >= 0.6 is 15.9 Å². The molecule has 0 aliphatic carbocycles. The first-order valence-corrected chi connectivity index (χ1v) is 8.97. The van der Waals surface area contributed by atoms with Crippen molar-refractivity contribution in [1.29, 1.82) is 0 Å². The van der Waals surface area contributed by atoms with E-state index < -0.39 is 29.5 Å². The van der Waals surface area contributed by atoms with Crippen molar-refractivity contribution < 1.29 is 19.4 Å². The Balaban J connectivity index is 1.84. The third kappa shape index (κ3) is 2.24. The van der Waals surface area contributed by atoms with Gasteiger partial charge >= 0.3 is 5.97 Å². The molecule has 2 saturated heterocycles. The second-order valence-corrected chi connectivity index (χ2v) is 7.91. The molecule has 2 fully saturated rings. The molecule has 5 unspecified atom stereocenters. The standard InChI is InChI=1S/C19H18BrNO4/c1-10(2)9-14-19-8-7-13(25-19)15(18(23)24)16(19)17(22)21(14)12-5-3-11(20)4-6-12/h3-8,13-16H,1,9H2,2H3,(H,23,24). The molecule has 1 spiro atoms. The van der Waals surface area contributed by atoms with Gasteiger partial charge in [-0.1, -0.05) is 33.7 Å². The highest BCUT2D eigenvalue weighted by molar-refractivity contribution is 9.10. The van der Waals surface area contributed by atoms with Crippen LogP contribution < -0.4 is 4.90 Å². The van der Waals surface area contributed by atoms with Gasteiger partial charge in [-0.15, -0.1) is 6.58 Å². The van der Waals surface area contributed by atoms with E-state index in [0.717, 1.165) is 15.7 Å². The Labute approximate surface area is 154 Å². The summed E-state index contributed by atoms with van der Waals surface area (Å²) >= 11 is 3.40. The Kier molecular flexibility index (Phi) is 3.67. The van der Waals surface area contributed by atoms with E-state index in [4.69, 9.17) is 4.74 Å². The Hall–Kier alpha value is -1.92. The molecule has 0 radical (unpaired) electrons. The first-order valence-electron chi connectivity index (χ1n) is 8.18. The molecule has 25 heavy (non-hydrogen) atoms. The molecule has 3 aliphatic heterocycles. The van der Waals surface area contributed by atoms with Crippen molar-refractivity contribution in [2.75, 3.05) is 4.90 Å². The van der Waals surface area contributed by atoms with Gasteiger partial charge in [0.05, 0.1) is 18.1 Å². The monoisotopic (exact) mass is 403 g/mol. The van der Waals surface area contributed by atoms with Crippen molar-refractivity contribution in [3.63, 3.8) is 0 Å². The summed E-state index contributed by atoms with van der Waals surface area (Å²) in [6.45, 7) is 5.90. The van der Waals surface area contributed by atoms with Crippen LogP contribution in [-0.2, 0) is 14.3 Å². The molecular formula is C19H18BrNO4. The number of carbonyl (C=O) groups is 2. The maximum absolute atomic E-state index is 13.3.